The van der Waals surface area contributed by atoms with Crippen LogP contribution in [-0.2, 0) is 11.2 Å². The third kappa shape index (κ3) is 7.28. The van der Waals surface area contributed by atoms with Crippen LogP contribution in [0.3, 0.4) is 0 Å². The molecule has 2 aromatic carbocycles. The molecule has 0 fully saturated rings. The number of benzene rings is 2. The van der Waals surface area contributed by atoms with Crippen molar-refractivity contribution in [2.75, 3.05) is 31.6 Å². The maximum absolute atomic E-state index is 12.2. The topological polar surface area (TPSA) is 41.6 Å². The first-order valence-electron chi connectivity index (χ1n) is 9.50. The summed E-state index contributed by atoms with van der Waals surface area (Å²) in [5, 5.41) is 2.96. The molecular weight excluding hydrogens is 324 g/mol. The lowest BCUT2D eigenvalue weighted by molar-refractivity contribution is -0.117. The molecule has 0 spiro atoms. The van der Waals surface area contributed by atoms with Crippen molar-refractivity contribution in [2.24, 2.45) is 0 Å². The van der Waals surface area contributed by atoms with Crippen LogP contribution in [0.25, 0.3) is 0 Å². The van der Waals surface area contributed by atoms with E-state index < -0.39 is 0 Å². The first-order chi connectivity index (χ1) is 12.7. The Morgan fingerprint density at radius 3 is 2.23 bits per heavy atom. The zero-order chi connectivity index (χ0) is 18.6. The lowest BCUT2D eigenvalue weighted by atomic mass is 10.2. The molecule has 140 valence electrons. The van der Waals surface area contributed by atoms with E-state index in [0.29, 0.717) is 13.2 Å². The predicted octanol–water partition coefficient (Wildman–Crippen LogP) is 4.37. The second kappa shape index (κ2) is 11.3. The third-order valence-electron chi connectivity index (χ3n) is 4.09. The first-order valence-corrected chi connectivity index (χ1v) is 9.50. The van der Waals surface area contributed by atoms with Crippen LogP contribution in [0.1, 0.15) is 32.3 Å². The number of rotatable bonds is 11. The second-order valence-corrected chi connectivity index (χ2v) is 6.43. The van der Waals surface area contributed by atoms with E-state index in [4.69, 9.17) is 4.74 Å². The molecule has 2 aromatic rings. The van der Waals surface area contributed by atoms with Crippen molar-refractivity contribution in [1.82, 2.24) is 4.90 Å². The Morgan fingerprint density at radius 2 is 1.62 bits per heavy atom. The molecule has 0 heterocycles. The SMILES string of the molecule is CCCN(CCC)CC(=O)Nc1ccc(OCCc2ccccc2)cc1. The van der Waals surface area contributed by atoms with Gasteiger partial charge in [-0.3, -0.25) is 9.69 Å². The summed E-state index contributed by atoms with van der Waals surface area (Å²) in [4.78, 5) is 14.4. The molecule has 0 atom stereocenters. The monoisotopic (exact) mass is 354 g/mol. The lowest BCUT2D eigenvalue weighted by Crippen LogP contribution is -2.34. The normalized spacial score (nSPS) is 10.7. The summed E-state index contributed by atoms with van der Waals surface area (Å²) in [5.74, 6) is 0.849. The Bertz CT molecular complexity index is 635. The molecule has 2 rings (SSSR count). The minimum Gasteiger partial charge on any atom is -0.493 e. The zero-order valence-electron chi connectivity index (χ0n) is 15.9. The Labute approximate surface area is 157 Å². The van der Waals surface area contributed by atoms with Crippen LogP contribution in [0.15, 0.2) is 54.6 Å². The van der Waals surface area contributed by atoms with Crippen molar-refractivity contribution in [1.29, 1.82) is 0 Å². The summed E-state index contributed by atoms with van der Waals surface area (Å²) in [6.07, 6.45) is 2.99. The Kier molecular flexibility index (Phi) is 8.70. The predicted molar refractivity (Wildman–Crippen MR) is 108 cm³/mol. The summed E-state index contributed by atoms with van der Waals surface area (Å²) in [5.41, 5.74) is 2.07. The first kappa shape index (κ1) is 20.0. The van der Waals surface area contributed by atoms with E-state index in [-0.39, 0.29) is 5.91 Å². The highest BCUT2D eigenvalue weighted by molar-refractivity contribution is 5.92. The van der Waals surface area contributed by atoms with Gasteiger partial charge in [0.15, 0.2) is 0 Å². The molecule has 0 unspecified atom stereocenters. The summed E-state index contributed by atoms with van der Waals surface area (Å²) in [6, 6.07) is 17.9. The molecule has 0 aliphatic heterocycles. The quantitative estimate of drug-likeness (QED) is 0.651. The Hall–Kier alpha value is -2.33. The van der Waals surface area contributed by atoms with Crippen molar-refractivity contribution >= 4 is 11.6 Å². The lowest BCUT2D eigenvalue weighted by Gasteiger charge is -2.20. The van der Waals surface area contributed by atoms with Gasteiger partial charge in [-0.15, -0.1) is 0 Å². The summed E-state index contributed by atoms with van der Waals surface area (Å²) in [7, 11) is 0. The minimum atomic E-state index is 0.0321. The van der Waals surface area contributed by atoms with Crippen molar-refractivity contribution in [2.45, 2.75) is 33.1 Å². The molecule has 0 aliphatic rings. The van der Waals surface area contributed by atoms with Crippen molar-refractivity contribution in [3.8, 4) is 5.75 Å². The van der Waals surface area contributed by atoms with Crippen molar-refractivity contribution in [3.63, 3.8) is 0 Å². The molecule has 1 amide bonds. The van der Waals surface area contributed by atoms with E-state index in [1.165, 1.54) is 5.56 Å². The standard InChI is InChI=1S/C22H30N2O2/c1-3-15-24(16-4-2)18-22(25)23-20-10-12-21(13-11-20)26-17-14-19-8-6-5-7-9-19/h5-13H,3-4,14-18H2,1-2H3,(H,23,25). The van der Waals surface area contributed by atoms with E-state index in [2.05, 4.69) is 36.2 Å². The van der Waals surface area contributed by atoms with E-state index in [1.807, 2.05) is 42.5 Å². The number of nitrogens with one attached hydrogen (secondary N) is 1. The van der Waals surface area contributed by atoms with Crippen LogP contribution < -0.4 is 10.1 Å². The number of hydrogen-bond donors (Lipinski definition) is 1. The van der Waals surface area contributed by atoms with E-state index in [1.54, 1.807) is 0 Å². The van der Waals surface area contributed by atoms with Crippen LogP contribution >= 0.6 is 0 Å². The van der Waals surface area contributed by atoms with Gasteiger partial charge in [0.2, 0.25) is 5.91 Å². The van der Waals surface area contributed by atoms with Gasteiger partial charge in [0.1, 0.15) is 5.75 Å². The zero-order valence-corrected chi connectivity index (χ0v) is 15.9. The molecule has 26 heavy (non-hydrogen) atoms. The van der Waals surface area contributed by atoms with Gasteiger partial charge in [0.25, 0.3) is 0 Å². The van der Waals surface area contributed by atoms with Gasteiger partial charge in [0.05, 0.1) is 13.2 Å². The van der Waals surface area contributed by atoms with Gasteiger partial charge in [-0.1, -0.05) is 44.2 Å². The Morgan fingerprint density at radius 1 is 0.962 bits per heavy atom. The fourth-order valence-corrected chi connectivity index (χ4v) is 2.87. The van der Waals surface area contributed by atoms with Crippen LogP contribution in [0.5, 0.6) is 5.75 Å². The number of nitrogens with zero attached hydrogens (tertiary/aromatic N) is 1. The van der Waals surface area contributed by atoms with Crippen molar-refractivity contribution in [3.05, 3.63) is 60.2 Å². The van der Waals surface area contributed by atoms with E-state index in [9.17, 15) is 4.79 Å². The molecule has 0 radical (unpaired) electrons. The maximum Gasteiger partial charge on any atom is 0.238 e. The average molecular weight is 354 g/mol. The highest BCUT2D eigenvalue weighted by atomic mass is 16.5. The molecule has 4 heteroatoms. The number of amides is 1. The summed E-state index contributed by atoms with van der Waals surface area (Å²) in [6.45, 7) is 7.26. The smallest absolute Gasteiger partial charge is 0.238 e. The van der Waals surface area contributed by atoms with Gasteiger partial charge in [0, 0.05) is 12.1 Å². The van der Waals surface area contributed by atoms with Gasteiger partial charge in [-0.25, -0.2) is 0 Å². The van der Waals surface area contributed by atoms with Crippen LogP contribution in [0.2, 0.25) is 0 Å². The molecule has 0 aromatic heterocycles. The fraction of sp³-hybridized carbons (Fsp3) is 0.409. The molecule has 0 saturated carbocycles. The number of anilines is 1. The van der Waals surface area contributed by atoms with E-state index >= 15 is 0 Å². The second-order valence-electron chi connectivity index (χ2n) is 6.43. The highest BCUT2D eigenvalue weighted by Crippen LogP contribution is 2.16. The Balaban J connectivity index is 1.76. The summed E-state index contributed by atoms with van der Waals surface area (Å²) < 4.78 is 5.78. The van der Waals surface area contributed by atoms with Gasteiger partial charge >= 0.3 is 0 Å². The highest BCUT2D eigenvalue weighted by Gasteiger charge is 2.09. The molecule has 0 bridgehead atoms. The molecule has 0 aliphatic carbocycles. The van der Waals surface area contributed by atoms with Gasteiger partial charge < -0.3 is 10.1 Å². The van der Waals surface area contributed by atoms with Crippen LogP contribution in [0, 0.1) is 0 Å². The minimum absolute atomic E-state index is 0.0321. The van der Waals surface area contributed by atoms with Crippen LogP contribution in [-0.4, -0.2) is 37.0 Å². The number of carbonyl (C=O) groups is 1. The maximum atomic E-state index is 12.2. The van der Waals surface area contributed by atoms with E-state index in [0.717, 1.165) is 43.8 Å². The van der Waals surface area contributed by atoms with Gasteiger partial charge in [-0.2, -0.15) is 0 Å². The number of ether oxygens (including phenoxy) is 1. The largest absolute Gasteiger partial charge is 0.493 e. The van der Waals surface area contributed by atoms with Crippen LogP contribution in [0.4, 0.5) is 5.69 Å². The third-order valence-corrected chi connectivity index (χ3v) is 4.09. The van der Waals surface area contributed by atoms with Crippen molar-refractivity contribution < 1.29 is 9.53 Å². The number of hydrogen-bond acceptors (Lipinski definition) is 3. The molecule has 0 saturated heterocycles. The number of carbonyl (C=O) groups excluding carboxylic acids is 1. The average Bonchev–Trinajstić information content (AvgIpc) is 2.64. The fourth-order valence-electron chi connectivity index (χ4n) is 2.87. The van der Waals surface area contributed by atoms with Gasteiger partial charge in [-0.05, 0) is 55.8 Å². The summed E-state index contributed by atoms with van der Waals surface area (Å²) >= 11 is 0. The molecule has 4 nitrogen and oxygen atoms in total. The molecule has 1 N–H and O–H groups in total. The molecular formula is C22H30N2O2.